The minimum Gasteiger partial charge on any atom is -0.361 e. The Morgan fingerprint density at radius 1 is 1.15 bits per heavy atom. The number of aliphatic hydroxyl groups excluding tert-OH is 1. The van der Waals surface area contributed by atoms with Gasteiger partial charge in [0.2, 0.25) is 0 Å². The van der Waals surface area contributed by atoms with Gasteiger partial charge >= 0.3 is 6.18 Å². The monoisotopic (exact) mass is 473 g/mol. The Morgan fingerprint density at radius 3 is 2.74 bits per heavy atom. The van der Waals surface area contributed by atoms with E-state index in [1.54, 1.807) is 0 Å². The fraction of sp³-hybridized carbons (Fsp3) is 0.391. The molecule has 4 N–H and O–H groups in total. The van der Waals surface area contributed by atoms with Crippen molar-refractivity contribution in [1.82, 2.24) is 25.4 Å². The lowest BCUT2D eigenvalue weighted by molar-refractivity contribution is -0.137. The first-order valence-electron chi connectivity index (χ1n) is 11.1. The molecule has 0 radical (unpaired) electrons. The van der Waals surface area contributed by atoms with Crippen LogP contribution in [0.1, 0.15) is 23.6 Å². The van der Waals surface area contributed by atoms with Crippen LogP contribution < -0.4 is 15.5 Å². The molecule has 0 aliphatic carbocycles. The average Bonchev–Trinajstić information content (AvgIpc) is 3.26. The quantitative estimate of drug-likeness (QED) is 0.463. The highest BCUT2D eigenvalue weighted by Gasteiger charge is 2.32. The number of nitrogens with zero attached hydrogens (tertiary/aromatic N) is 4. The van der Waals surface area contributed by atoms with Crippen LogP contribution >= 0.6 is 0 Å². The Kier molecular flexibility index (Phi) is 5.92. The van der Waals surface area contributed by atoms with Gasteiger partial charge in [0, 0.05) is 61.8 Å². The number of aliphatic hydroxyl groups is 1. The van der Waals surface area contributed by atoms with Gasteiger partial charge in [-0.25, -0.2) is 4.98 Å². The van der Waals surface area contributed by atoms with Crippen LogP contribution in [0.3, 0.4) is 0 Å². The third-order valence-electron chi connectivity index (χ3n) is 6.36. The van der Waals surface area contributed by atoms with Crippen LogP contribution in [-0.2, 0) is 19.3 Å². The second-order valence-corrected chi connectivity index (χ2v) is 8.75. The number of aromatic amines is 1. The molecule has 1 fully saturated rings. The Labute approximate surface area is 194 Å². The molecule has 1 aromatic carbocycles. The largest absolute Gasteiger partial charge is 0.417 e. The van der Waals surface area contributed by atoms with Crippen LogP contribution in [0.15, 0.2) is 42.7 Å². The van der Waals surface area contributed by atoms with Crippen molar-refractivity contribution in [3.63, 3.8) is 0 Å². The molecule has 0 amide bonds. The van der Waals surface area contributed by atoms with E-state index in [1.807, 2.05) is 23.2 Å². The van der Waals surface area contributed by atoms with Gasteiger partial charge in [0.1, 0.15) is 5.82 Å². The number of aromatic nitrogens is 3. The van der Waals surface area contributed by atoms with Crippen molar-refractivity contribution in [2.24, 2.45) is 0 Å². The highest BCUT2D eigenvalue weighted by molar-refractivity contribution is 5.68. The summed E-state index contributed by atoms with van der Waals surface area (Å²) in [6.45, 7) is 5.51. The van der Waals surface area contributed by atoms with Crippen molar-refractivity contribution < 1.29 is 18.3 Å². The van der Waals surface area contributed by atoms with E-state index in [-0.39, 0.29) is 6.04 Å². The summed E-state index contributed by atoms with van der Waals surface area (Å²) in [7, 11) is 0. The number of pyridine rings is 1. The third-order valence-corrected chi connectivity index (χ3v) is 6.36. The molecule has 2 aliphatic rings. The van der Waals surface area contributed by atoms with Crippen molar-refractivity contribution >= 4 is 11.5 Å². The fourth-order valence-corrected chi connectivity index (χ4v) is 4.60. The average molecular weight is 474 g/mol. The van der Waals surface area contributed by atoms with E-state index in [0.717, 1.165) is 53.4 Å². The lowest BCUT2D eigenvalue weighted by atomic mass is 10.0. The van der Waals surface area contributed by atoms with Gasteiger partial charge in [0.25, 0.3) is 0 Å². The minimum absolute atomic E-state index is 0.0978. The maximum Gasteiger partial charge on any atom is 0.417 e. The topological polar surface area (TPSA) is 92.3 Å². The van der Waals surface area contributed by atoms with Crippen LogP contribution in [0, 0.1) is 0 Å². The van der Waals surface area contributed by atoms with Gasteiger partial charge in [-0.1, -0.05) is 6.07 Å². The van der Waals surface area contributed by atoms with Crippen LogP contribution in [0.2, 0.25) is 0 Å². The van der Waals surface area contributed by atoms with E-state index >= 15 is 0 Å². The summed E-state index contributed by atoms with van der Waals surface area (Å²) in [5.41, 5.74) is 4.28. The zero-order valence-electron chi connectivity index (χ0n) is 18.6. The molecule has 0 bridgehead atoms. The van der Waals surface area contributed by atoms with Gasteiger partial charge < -0.3 is 15.3 Å². The number of rotatable bonds is 4. The number of alkyl halides is 3. The summed E-state index contributed by atoms with van der Waals surface area (Å²) in [4.78, 5) is 8.42. The molecule has 0 saturated carbocycles. The lowest BCUT2D eigenvalue weighted by Crippen LogP contribution is -2.51. The minimum atomic E-state index is -4.38. The number of fused-ring (bicyclic) bond motifs is 1. The smallest absolute Gasteiger partial charge is 0.361 e. The van der Waals surface area contributed by atoms with E-state index in [0.29, 0.717) is 25.5 Å². The molecule has 11 heteroatoms. The molecule has 0 spiro atoms. The fourth-order valence-electron chi connectivity index (χ4n) is 4.60. The number of nitrogens with one attached hydrogen (secondary N) is 3. The van der Waals surface area contributed by atoms with Crippen LogP contribution in [0.25, 0.3) is 11.3 Å². The molecule has 5 rings (SSSR count). The number of hydrogen-bond acceptors (Lipinski definition) is 7. The van der Waals surface area contributed by atoms with Gasteiger partial charge in [-0.2, -0.15) is 18.3 Å². The molecule has 180 valence electrons. The highest BCUT2D eigenvalue weighted by atomic mass is 19.4. The van der Waals surface area contributed by atoms with Crippen molar-refractivity contribution in [3.05, 3.63) is 59.4 Å². The van der Waals surface area contributed by atoms with Crippen molar-refractivity contribution in [1.29, 1.82) is 0 Å². The number of piperazine rings is 1. The molecular weight excluding hydrogens is 447 g/mol. The molecule has 1 saturated heterocycles. The summed E-state index contributed by atoms with van der Waals surface area (Å²) in [5.74, 6) is 0.561. The third kappa shape index (κ3) is 4.59. The molecule has 34 heavy (non-hydrogen) atoms. The second kappa shape index (κ2) is 8.90. The number of H-pyrrole nitrogens is 1. The van der Waals surface area contributed by atoms with E-state index in [9.17, 15) is 18.3 Å². The van der Waals surface area contributed by atoms with Gasteiger partial charge in [0.05, 0.1) is 17.5 Å². The Balaban J connectivity index is 1.26. The molecule has 8 nitrogen and oxygen atoms in total. The Bertz CT molecular complexity index is 1150. The van der Waals surface area contributed by atoms with Crippen LogP contribution in [-0.4, -0.2) is 57.2 Å². The van der Waals surface area contributed by atoms with E-state index < -0.39 is 18.1 Å². The van der Waals surface area contributed by atoms with Crippen LogP contribution in [0.4, 0.5) is 24.7 Å². The van der Waals surface area contributed by atoms with E-state index in [4.69, 9.17) is 0 Å². The van der Waals surface area contributed by atoms with Gasteiger partial charge in [-0.05, 0) is 36.8 Å². The highest BCUT2D eigenvalue weighted by Crippen LogP contribution is 2.31. The molecule has 4 heterocycles. The van der Waals surface area contributed by atoms with Crippen LogP contribution in [0.5, 0.6) is 0 Å². The van der Waals surface area contributed by atoms with Gasteiger partial charge in [-0.3, -0.25) is 15.3 Å². The first kappa shape index (κ1) is 22.6. The molecule has 2 aliphatic heterocycles. The predicted molar refractivity (Wildman–Crippen MR) is 122 cm³/mol. The number of anilines is 2. The molecule has 2 aromatic heterocycles. The summed E-state index contributed by atoms with van der Waals surface area (Å²) in [6.07, 6.45) is -2.40. The Hall–Kier alpha value is -3.15. The van der Waals surface area contributed by atoms with Crippen molar-refractivity contribution in [2.75, 3.05) is 29.9 Å². The van der Waals surface area contributed by atoms with Gasteiger partial charge in [0.15, 0.2) is 6.35 Å². The van der Waals surface area contributed by atoms with Gasteiger partial charge in [-0.15, -0.1) is 0 Å². The number of benzene rings is 1. The zero-order chi connectivity index (χ0) is 23.9. The number of halogens is 3. The van der Waals surface area contributed by atoms with E-state index in [2.05, 4.69) is 43.7 Å². The molecule has 3 aromatic rings. The standard InChI is InChI=1S/C23H26F3N7O/c1-14-12-32(6-7-33(14)20-5-3-18(11-27-20)23(24,25)26)13-17-10-29-31-21(17)15-2-4-19-16(8-15)9-28-22(34)30-19/h2-5,8,10-11,14,22,28,30,34H,6-7,9,12-13H2,1H3,(H,29,31)/t14-,22?/m1/s1. The molecule has 1 unspecified atom stereocenters. The normalized spacial score (nSPS) is 21.3. The first-order valence-corrected chi connectivity index (χ1v) is 11.1. The van der Waals surface area contributed by atoms with Crippen molar-refractivity contribution in [2.45, 2.75) is 38.6 Å². The molecule has 2 atom stereocenters. The second-order valence-electron chi connectivity index (χ2n) is 8.75. The maximum absolute atomic E-state index is 12.8. The summed E-state index contributed by atoms with van der Waals surface area (Å²) < 4.78 is 38.5. The van der Waals surface area contributed by atoms with Crippen molar-refractivity contribution in [3.8, 4) is 11.3 Å². The van der Waals surface area contributed by atoms with E-state index in [1.165, 1.54) is 6.07 Å². The maximum atomic E-state index is 12.8. The number of hydrogen-bond donors (Lipinski definition) is 4. The summed E-state index contributed by atoms with van der Waals surface area (Å²) >= 11 is 0. The zero-order valence-corrected chi connectivity index (χ0v) is 18.6. The summed E-state index contributed by atoms with van der Waals surface area (Å²) in [5, 5.41) is 23.0. The SMILES string of the molecule is C[C@@H]1CN(Cc2cn[nH]c2-c2ccc3c(c2)CNC(O)N3)CCN1c1ccc(C(F)(F)F)cn1. The predicted octanol–water partition coefficient (Wildman–Crippen LogP) is 2.99. The summed E-state index contributed by atoms with van der Waals surface area (Å²) in [6, 6.07) is 8.66. The Morgan fingerprint density at radius 2 is 2.00 bits per heavy atom. The lowest BCUT2D eigenvalue weighted by Gasteiger charge is -2.40. The molecular formula is C23H26F3N7O. The first-order chi connectivity index (χ1) is 16.3.